The average molecular weight is 278 g/mol. The SMILES string of the molecule is C[C@@]1(c2ccc3c(Cl)c(O)ccc3c2)COC(=O)N1. The van der Waals surface area contributed by atoms with E-state index in [9.17, 15) is 9.90 Å². The van der Waals surface area contributed by atoms with E-state index >= 15 is 0 Å². The largest absolute Gasteiger partial charge is 0.506 e. The van der Waals surface area contributed by atoms with Crippen molar-refractivity contribution in [1.29, 1.82) is 0 Å². The minimum absolute atomic E-state index is 0.0608. The maximum Gasteiger partial charge on any atom is 0.408 e. The molecule has 5 heteroatoms. The number of hydrogen-bond donors (Lipinski definition) is 2. The summed E-state index contributed by atoms with van der Waals surface area (Å²) in [6.45, 7) is 2.20. The number of carbonyl (C=O) groups excluding carboxylic acids is 1. The Balaban J connectivity index is 2.13. The molecule has 1 atom stereocenters. The zero-order valence-electron chi connectivity index (χ0n) is 10.2. The number of alkyl carbamates (subject to hydrolysis) is 1. The summed E-state index contributed by atoms with van der Waals surface area (Å²) < 4.78 is 4.96. The quantitative estimate of drug-likeness (QED) is 0.842. The van der Waals surface area contributed by atoms with Gasteiger partial charge in [0.05, 0.1) is 10.6 Å². The molecule has 2 aromatic carbocycles. The molecule has 0 radical (unpaired) electrons. The van der Waals surface area contributed by atoms with E-state index in [0.29, 0.717) is 11.6 Å². The van der Waals surface area contributed by atoms with Crippen LogP contribution in [0.4, 0.5) is 4.79 Å². The Hall–Kier alpha value is -1.94. The van der Waals surface area contributed by atoms with E-state index in [1.54, 1.807) is 12.1 Å². The highest BCUT2D eigenvalue weighted by Crippen LogP contribution is 2.34. The molecule has 2 aromatic rings. The van der Waals surface area contributed by atoms with Crippen LogP contribution in [0.15, 0.2) is 30.3 Å². The van der Waals surface area contributed by atoms with Gasteiger partial charge in [-0.3, -0.25) is 0 Å². The number of rotatable bonds is 1. The summed E-state index contributed by atoms with van der Waals surface area (Å²) in [4.78, 5) is 11.2. The lowest BCUT2D eigenvalue weighted by Crippen LogP contribution is -2.37. The normalized spacial score (nSPS) is 22.3. The van der Waals surface area contributed by atoms with Gasteiger partial charge in [-0.15, -0.1) is 0 Å². The van der Waals surface area contributed by atoms with Crippen molar-refractivity contribution >= 4 is 28.5 Å². The highest BCUT2D eigenvalue weighted by atomic mass is 35.5. The first kappa shape index (κ1) is 12.1. The summed E-state index contributed by atoms with van der Waals surface area (Å²) in [5.41, 5.74) is 0.405. The van der Waals surface area contributed by atoms with Crippen LogP contribution in [0.3, 0.4) is 0 Å². The molecule has 1 fully saturated rings. The Labute approximate surface area is 114 Å². The molecule has 1 saturated heterocycles. The van der Waals surface area contributed by atoms with Gasteiger partial charge in [0.2, 0.25) is 0 Å². The molecule has 0 aromatic heterocycles. The predicted octanol–water partition coefficient (Wildman–Crippen LogP) is 3.15. The molecule has 2 N–H and O–H groups in total. The van der Waals surface area contributed by atoms with Crippen molar-refractivity contribution < 1.29 is 14.6 Å². The van der Waals surface area contributed by atoms with Gasteiger partial charge in [0, 0.05) is 5.39 Å². The van der Waals surface area contributed by atoms with Crippen LogP contribution in [-0.4, -0.2) is 17.8 Å². The summed E-state index contributed by atoms with van der Waals surface area (Å²) in [6.07, 6.45) is -0.411. The van der Waals surface area contributed by atoms with Crippen LogP contribution in [0.5, 0.6) is 5.75 Å². The lowest BCUT2D eigenvalue weighted by atomic mass is 9.91. The molecule has 0 unspecified atom stereocenters. The molecule has 98 valence electrons. The minimum Gasteiger partial charge on any atom is -0.506 e. The van der Waals surface area contributed by atoms with Gasteiger partial charge in [0.15, 0.2) is 0 Å². The molecular weight excluding hydrogens is 266 g/mol. The fraction of sp³-hybridized carbons (Fsp3) is 0.214. The Bertz CT molecular complexity index is 686. The third kappa shape index (κ3) is 1.88. The molecule has 19 heavy (non-hydrogen) atoms. The molecule has 0 saturated carbocycles. The second kappa shape index (κ2) is 4.03. The summed E-state index contributed by atoms with van der Waals surface area (Å²) in [5.74, 6) is 0.0608. The van der Waals surface area contributed by atoms with Crippen molar-refractivity contribution in [2.45, 2.75) is 12.5 Å². The molecule has 1 aliphatic heterocycles. The molecule has 0 spiro atoms. The first-order valence-corrected chi connectivity index (χ1v) is 6.24. The number of fused-ring (bicyclic) bond motifs is 1. The van der Waals surface area contributed by atoms with Crippen LogP contribution >= 0.6 is 11.6 Å². The van der Waals surface area contributed by atoms with Gasteiger partial charge in [-0.25, -0.2) is 4.79 Å². The number of carbonyl (C=O) groups is 1. The van der Waals surface area contributed by atoms with Crippen LogP contribution in [0, 0.1) is 0 Å². The number of hydrogen-bond acceptors (Lipinski definition) is 3. The van der Waals surface area contributed by atoms with Crippen molar-refractivity contribution in [3.8, 4) is 5.75 Å². The van der Waals surface area contributed by atoms with E-state index in [2.05, 4.69) is 5.32 Å². The van der Waals surface area contributed by atoms with Crippen molar-refractivity contribution in [3.63, 3.8) is 0 Å². The number of ether oxygens (including phenoxy) is 1. The number of benzene rings is 2. The average Bonchev–Trinajstić information content (AvgIpc) is 2.75. The molecule has 0 aliphatic carbocycles. The van der Waals surface area contributed by atoms with Gasteiger partial charge in [-0.05, 0) is 30.0 Å². The molecule has 1 heterocycles. The smallest absolute Gasteiger partial charge is 0.408 e. The van der Waals surface area contributed by atoms with Crippen molar-refractivity contribution in [2.75, 3.05) is 6.61 Å². The van der Waals surface area contributed by atoms with Crippen molar-refractivity contribution in [3.05, 3.63) is 40.9 Å². The Morgan fingerprint density at radius 1 is 1.37 bits per heavy atom. The van der Waals surface area contributed by atoms with Gasteiger partial charge in [-0.2, -0.15) is 0 Å². The van der Waals surface area contributed by atoms with Crippen LogP contribution < -0.4 is 5.32 Å². The zero-order valence-corrected chi connectivity index (χ0v) is 11.0. The summed E-state index contributed by atoms with van der Waals surface area (Å²) in [5, 5.41) is 14.4. The Morgan fingerprint density at radius 3 is 2.84 bits per heavy atom. The third-order valence-electron chi connectivity index (χ3n) is 3.44. The van der Waals surface area contributed by atoms with Gasteiger partial charge in [0.25, 0.3) is 0 Å². The molecular formula is C14H12ClNO3. The second-order valence-electron chi connectivity index (χ2n) is 4.87. The van der Waals surface area contributed by atoms with Gasteiger partial charge >= 0.3 is 6.09 Å². The molecule has 3 rings (SSSR count). The van der Waals surface area contributed by atoms with E-state index < -0.39 is 11.6 Å². The Kier molecular flexibility index (Phi) is 2.57. The Morgan fingerprint density at radius 2 is 2.16 bits per heavy atom. The lowest BCUT2D eigenvalue weighted by Gasteiger charge is -2.22. The fourth-order valence-corrected chi connectivity index (χ4v) is 2.52. The number of phenols is 1. The van der Waals surface area contributed by atoms with E-state index in [4.69, 9.17) is 16.3 Å². The fourth-order valence-electron chi connectivity index (χ4n) is 2.29. The van der Waals surface area contributed by atoms with E-state index in [0.717, 1.165) is 16.3 Å². The van der Waals surface area contributed by atoms with E-state index in [1.807, 2.05) is 25.1 Å². The number of amides is 1. The molecule has 1 aliphatic rings. The molecule has 1 amide bonds. The number of phenolic OH excluding ortho intramolecular Hbond substituents is 1. The van der Waals surface area contributed by atoms with E-state index in [1.165, 1.54) is 0 Å². The highest BCUT2D eigenvalue weighted by Gasteiger charge is 2.36. The van der Waals surface area contributed by atoms with E-state index in [-0.39, 0.29) is 5.75 Å². The van der Waals surface area contributed by atoms with Gasteiger partial charge < -0.3 is 15.2 Å². The molecule has 4 nitrogen and oxygen atoms in total. The topological polar surface area (TPSA) is 58.6 Å². The van der Waals surface area contributed by atoms with Gasteiger partial charge in [-0.1, -0.05) is 29.8 Å². The van der Waals surface area contributed by atoms with Crippen LogP contribution in [0.25, 0.3) is 10.8 Å². The maximum atomic E-state index is 11.2. The van der Waals surface area contributed by atoms with Crippen molar-refractivity contribution in [2.24, 2.45) is 0 Å². The van der Waals surface area contributed by atoms with Crippen molar-refractivity contribution in [1.82, 2.24) is 5.32 Å². The van der Waals surface area contributed by atoms with Gasteiger partial charge in [0.1, 0.15) is 12.4 Å². The maximum absolute atomic E-state index is 11.2. The number of nitrogens with one attached hydrogen (secondary N) is 1. The number of cyclic esters (lactones) is 1. The van der Waals surface area contributed by atoms with Crippen LogP contribution in [0.1, 0.15) is 12.5 Å². The number of aromatic hydroxyl groups is 1. The third-order valence-corrected chi connectivity index (χ3v) is 3.84. The molecule has 0 bridgehead atoms. The van der Waals surface area contributed by atoms with Crippen LogP contribution in [0.2, 0.25) is 5.02 Å². The zero-order chi connectivity index (χ0) is 13.6. The summed E-state index contributed by atoms with van der Waals surface area (Å²) >= 11 is 6.05. The summed E-state index contributed by atoms with van der Waals surface area (Å²) in [6, 6.07) is 9.00. The minimum atomic E-state index is -0.532. The first-order valence-electron chi connectivity index (χ1n) is 5.86. The summed E-state index contributed by atoms with van der Waals surface area (Å²) in [7, 11) is 0. The first-order chi connectivity index (χ1) is 8.99. The van der Waals surface area contributed by atoms with Crippen LogP contribution in [-0.2, 0) is 10.3 Å². The standard InChI is InChI=1S/C14H12ClNO3/c1-14(7-19-13(18)16-14)9-3-4-10-8(6-9)2-5-11(17)12(10)15/h2-6,17H,7H2,1H3,(H,16,18)/t14-/m0/s1. The number of halogens is 1. The highest BCUT2D eigenvalue weighted by molar-refractivity contribution is 6.37. The predicted molar refractivity (Wildman–Crippen MR) is 72.5 cm³/mol. The lowest BCUT2D eigenvalue weighted by molar-refractivity contribution is 0.173. The second-order valence-corrected chi connectivity index (χ2v) is 5.25. The monoisotopic (exact) mass is 277 g/mol.